The molecule has 0 aliphatic heterocycles. The third kappa shape index (κ3) is 3.97. The Morgan fingerprint density at radius 2 is 2.09 bits per heavy atom. The highest BCUT2D eigenvalue weighted by atomic mass is 16.5. The zero-order valence-electron chi connectivity index (χ0n) is 20.0. The van der Waals surface area contributed by atoms with Crippen LogP contribution in [-0.2, 0) is 11.2 Å². The number of allylic oxidation sites excluding steroid dienone is 2. The van der Waals surface area contributed by atoms with Gasteiger partial charge in [0, 0.05) is 18.2 Å². The highest BCUT2D eigenvalue weighted by molar-refractivity contribution is 6.77. The van der Waals surface area contributed by atoms with Crippen molar-refractivity contribution in [3.8, 4) is 5.75 Å². The van der Waals surface area contributed by atoms with Gasteiger partial charge in [0.2, 0.25) is 7.28 Å². The van der Waals surface area contributed by atoms with Crippen molar-refractivity contribution in [1.82, 2.24) is 4.98 Å². The predicted molar refractivity (Wildman–Crippen MR) is 134 cm³/mol. The number of carbonyl (C=O) groups excluding carboxylic acids is 1. The molecule has 1 heterocycles. The molecule has 0 saturated heterocycles. The Balaban J connectivity index is 1.34. The normalized spacial score (nSPS) is 27.1. The zero-order chi connectivity index (χ0) is 23.9. The molecule has 0 radical (unpaired) electrons. The van der Waals surface area contributed by atoms with E-state index in [2.05, 4.69) is 36.2 Å². The van der Waals surface area contributed by atoms with Gasteiger partial charge in [-0.05, 0) is 89.7 Å². The number of carbonyl (C=O) groups is 2. The van der Waals surface area contributed by atoms with E-state index in [1.54, 1.807) is 13.3 Å². The van der Waals surface area contributed by atoms with Crippen LogP contribution in [0.4, 0.5) is 0 Å². The lowest BCUT2D eigenvalue weighted by Crippen LogP contribution is -2.41. The molecule has 3 aliphatic rings. The first kappa shape index (κ1) is 22.9. The van der Waals surface area contributed by atoms with Crippen LogP contribution in [0.2, 0.25) is 6.32 Å². The van der Waals surface area contributed by atoms with Crippen LogP contribution in [0.3, 0.4) is 0 Å². The van der Waals surface area contributed by atoms with Gasteiger partial charge in [0.25, 0.3) is 0 Å². The van der Waals surface area contributed by atoms with Crippen LogP contribution in [-0.4, -0.2) is 36.1 Å². The van der Waals surface area contributed by atoms with Crippen molar-refractivity contribution in [3.05, 3.63) is 65.0 Å². The summed E-state index contributed by atoms with van der Waals surface area (Å²) in [6, 6.07) is 8.36. The molecule has 34 heavy (non-hydrogen) atoms. The number of carboxylic acid groups (broad SMARTS) is 1. The minimum Gasteiger partial charge on any atom is -0.495 e. The van der Waals surface area contributed by atoms with Crippen LogP contribution < -0.4 is 4.74 Å². The first-order valence-electron chi connectivity index (χ1n) is 12.5. The van der Waals surface area contributed by atoms with E-state index in [9.17, 15) is 9.59 Å². The lowest BCUT2D eigenvalue weighted by Gasteiger charge is -2.50. The molecule has 1 aromatic carbocycles. The highest BCUT2D eigenvalue weighted by Crippen LogP contribution is 2.63. The minimum atomic E-state index is -0.846. The van der Waals surface area contributed by atoms with Crippen LogP contribution in [0.1, 0.15) is 72.0 Å². The molecule has 176 valence electrons. The first-order chi connectivity index (χ1) is 16.4. The standard InChI is InChI=1S/C28H32BNO4/c1-28-11-9-22-21-5-4-18(27(33)29-12-10-26(31)32)13-17(21)3-6-23(22)25(28)8-7-24(28)19-14-20(34-2)16-30-15-19/h4-5,7,13-16,22-23,25,29H,3,6,8-12H2,1-2H3,(H,31,32)/t22-,23-,25+,28-/m1/s1. The van der Waals surface area contributed by atoms with Crippen LogP contribution >= 0.6 is 0 Å². The van der Waals surface area contributed by atoms with Crippen molar-refractivity contribution in [2.75, 3.05) is 7.11 Å². The maximum Gasteiger partial charge on any atom is 0.302 e. The smallest absolute Gasteiger partial charge is 0.302 e. The van der Waals surface area contributed by atoms with E-state index in [-0.39, 0.29) is 17.5 Å². The van der Waals surface area contributed by atoms with E-state index in [1.807, 2.05) is 12.3 Å². The van der Waals surface area contributed by atoms with Crippen LogP contribution in [0.15, 0.2) is 42.7 Å². The predicted octanol–water partition coefficient (Wildman–Crippen LogP) is 5.11. The average molecular weight is 457 g/mol. The van der Waals surface area contributed by atoms with Crippen molar-refractivity contribution in [3.63, 3.8) is 0 Å². The Labute approximate surface area is 201 Å². The fourth-order valence-corrected chi connectivity index (χ4v) is 6.99. The molecule has 0 bridgehead atoms. The molecule has 1 saturated carbocycles. The SMILES string of the molecule is COc1cncc(C2=CC[C@H]3[C@@H]4CCc5cc(C(=O)BCCC(=O)O)ccc5[C@H]4CC[C@]23C)c1. The van der Waals surface area contributed by atoms with E-state index >= 15 is 0 Å². The molecule has 6 heteroatoms. The molecule has 1 N–H and O–H groups in total. The summed E-state index contributed by atoms with van der Waals surface area (Å²) in [6.45, 7) is 2.45. The second-order valence-corrected chi connectivity index (χ2v) is 10.4. The van der Waals surface area contributed by atoms with E-state index in [4.69, 9.17) is 9.84 Å². The van der Waals surface area contributed by atoms with Gasteiger partial charge in [-0.25, -0.2) is 0 Å². The number of fused-ring (bicyclic) bond motifs is 5. The van der Waals surface area contributed by atoms with Crippen molar-refractivity contribution >= 4 is 24.5 Å². The molecule has 4 atom stereocenters. The van der Waals surface area contributed by atoms with E-state index < -0.39 is 5.97 Å². The van der Waals surface area contributed by atoms with E-state index in [0.29, 0.717) is 31.4 Å². The van der Waals surface area contributed by atoms with Gasteiger partial charge in [0.15, 0.2) is 0 Å². The number of aryl methyl sites for hydroxylation is 1. The van der Waals surface area contributed by atoms with Crippen molar-refractivity contribution < 1.29 is 19.4 Å². The Kier molecular flexibility index (Phi) is 6.09. The number of aromatic nitrogens is 1. The summed E-state index contributed by atoms with van der Waals surface area (Å²) in [5, 5.41) is 8.83. The Hall–Kier alpha value is -2.89. The third-order valence-corrected chi connectivity index (χ3v) is 8.68. The Bertz CT molecular complexity index is 1160. The van der Waals surface area contributed by atoms with Gasteiger partial charge in [-0.3, -0.25) is 9.78 Å². The van der Waals surface area contributed by atoms with Gasteiger partial charge in [0.1, 0.15) is 11.4 Å². The number of hydrogen-bond acceptors (Lipinski definition) is 4. The first-order valence-corrected chi connectivity index (χ1v) is 12.5. The number of rotatable bonds is 7. The van der Waals surface area contributed by atoms with Gasteiger partial charge in [-0.15, -0.1) is 0 Å². The fraction of sp³-hybridized carbons (Fsp3) is 0.464. The summed E-state index contributed by atoms with van der Waals surface area (Å²) in [5.74, 6) is 1.78. The summed E-state index contributed by atoms with van der Waals surface area (Å²) in [7, 11) is 1.99. The van der Waals surface area contributed by atoms with Crippen molar-refractivity contribution in [2.45, 2.75) is 57.7 Å². The Morgan fingerprint density at radius 3 is 2.88 bits per heavy atom. The average Bonchev–Trinajstić information content (AvgIpc) is 3.20. The van der Waals surface area contributed by atoms with Gasteiger partial charge in [0.05, 0.1) is 13.3 Å². The minimum absolute atomic E-state index is 0.0441. The Morgan fingerprint density at radius 1 is 1.24 bits per heavy atom. The number of carboxylic acids is 1. The number of benzene rings is 1. The number of hydrogen-bond donors (Lipinski definition) is 1. The third-order valence-electron chi connectivity index (χ3n) is 8.68. The molecule has 1 fully saturated rings. The summed E-state index contributed by atoms with van der Waals surface area (Å²) in [4.78, 5) is 27.7. The maximum atomic E-state index is 12.6. The molecule has 2 aromatic rings. The zero-order valence-corrected chi connectivity index (χ0v) is 20.0. The second kappa shape index (κ2) is 9.05. The van der Waals surface area contributed by atoms with Crippen LogP contribution in [0, 0.1) is 17.3 Å². The summed E-state index contributed by atoms with van der Waals surface area (Å²) < 4.78 is 5.43. The molecule has 0 unspecified atom stereocenters. The van der Waals surface area contributed by atoms with Crippen molar-refractivity contribution in [2.24, 2.45) is 17.3 Å². The number of ether oxygens (including phenoxy) is 1. The second-order valence-electron chi connectivity index (χ2n) is 10.4. The van der Waals surface area contributed by atoms with Gasteiger partial charge in [-0.1, -0.05) is 31.5 Å². The largest absolute Gasteiger partial charge is 0.495 e. The van der Waals surface area contributed by atoms with Gasteiger partial charge in [-0.2, -0.15) is 0 Å². The monoisotopic (exact) mass is 457 g/mol. The van der Waals surface area contributed by atoms with E-state index in [1.165, 1.54) is 22.3 Å². The van der Waals surface area contributed by atoms with Gasteiger partial charge < -0.3 is 14.6 Å². The highest BCUT2D eigenvalue weighted by Gasteiger charge is 2.52. The van der Waals surface area contributed by atoms with Crippen molar-refractivity contribution in [1.29, 1.82) is 0 Å². The summed E-state index contributed by atoms with van der Waals surface area (Å²) in [5.41, 5.74) is 6.30. The molecular formula is C28H32BNO4. The summed E-state index contributed by atoms with van der Waals surface area (Å²) >= 11 is 0. The molecule has 0 amide bonds. The molecule has 3 aliphatic carbocycles. The van der Waals surface area contributed by atoms with Crippen LogP contribution in [0.25, 0.3) is 5.57 Å². The molecule has 1 aromatic heterocycles. The van der Waals surface area contributed by atoms with E-state index in [0.717, 1.165) is 43.4 Å². The molecule has 5 nitrogen and oxygen atoms in total. The summed E-state index contributed by atoms with van der Waals surface area (Å²) in [6.07, 6.45) is 12.2. The number of methoxy groups -OCH3 is 1. The maximum absolute atomic E-state index is 12.6. The lowest BCUT2D eigenvalue weighted by atomic mass is 9.54. The van der Waals surface area contributed by atoms with Gasteiger partial charge >= 0.3 is 5.97 Å². The molecular weight excluding hydrogens is 425 g/mol. The molecule has 0 spiro atoms. The van der Waals surface area contributed by atoms with Crippen LogP contribution in [0.5, 0.6) is 5.75 Å². The fourth-order valence-electron chi connectivity index (χ4n) is 6.99. The quantitative estimate of drug-likeness (QED) is 0.585. The molecule has 5 rings (SSSR count). The number of aliphatic carboxylic acids is 1. The number of pyridine rings is 1. The number of nitrogens with zero attached hydrogens (tertiary/aromatic N) is 1. The lowest BCUT2D eigenvalue weighted by molar-refractivity contribution is -0.136. The topological polar surface area (TPSA) is 76.5 Å².